The van der Waals surface area contributed by atoms with Gasteiger partial charge in [0.15, 0.2) is 0 Å². The molecule has 0 aliphatic carbocycles. The van der Waals surface area contributed by atoms with Crippen LogP contribution in [0, 0.1) is 0 Å². The van der Waals surface area contributed by atoms with Crippen LogP contribution in [0.4, 0.5) is 0 Å². The van der Waals surface area contributed by atoms with Crippen LogP contribution in [0.25, 0.3) is 0 Å². The van der Waals surface area contributed by atoms with E-state index in [2.05, 4.69) is 31.0 Å². The molecule has 0 aromatic heterocycles. The van der Waals surface area contributed by atoms with Gasteiger partial charge in [0.05, 0.1) is 0 Å². The maximum Gasteiger partial charge on any atom is 0.320 e. The highest BCUT2D eigenvalue weighted by Crippen LogP contribution is 2.08. The largest absolute Gasteiger partial charge is 0.480 e. The topological polar surface area (TPSA) is 52.6 Å². The number of carboxylic acids is 1. The smallest absolute Gasteiger partial charge is 0.320 e. The van der Waals surface area contributed by atoms with Gasteiger partial charge in [0.2, 0.25) is 0 Å². The molecule has 0 aliphatic heterocycles. The fourth-order valence-electron chi connectivity index (χ4n) is 2.15. The molecule has 4 heteroatoms. The van der Waals surface area contributed by atoms with Crippen molar-refractivity contribution in [3.8, 4) is 0 Å². The molecule has 2 atom stereocenters. The molecule has 19 heavy (non-hydrogen) atoms. The number of carboxylic acid groups (broad SMARTS) is 1. The number of unbranched alkanes of at least 4 members (excludes halogenated alkanes) is 1. The lowest BCUT2D eigenvalue weighted by Gasteiger charge is -2.29. The summed E-state index contributed by atoms with van der Waals surface area (Å²) in [6.45, 7) is 12.5. The average Bonchev–Trinajstić information content (AvgIpc) is 2.35. The van der Waals surface area contributed by atoms with E-state index in [1.165, 1.54) is 12.8 Å². The molecule has 0 saturated heterocycles. The van der Waals surface area contributed by atoms with Crippen molar-refractivity contribution in [2.75, 3.05) is 13.1 Å². The Kier molecular flexibility index (Phi) is 9.88. The van der Waals surface area contributed by atoms with Crippen molar-refractivity contribution < 1.29 is 9.90 Å². The minimum Gasteiger partial charge on any atom is -0.480 e. The molecule has 0 amide bonds. The molecule has 0 spiro atoms. The summed E-state index contributed by atoms with van der Waals surface area (Å²) in [6, 6.07) is 0.294. The van der Waals surface area contributed by atoms with Crippen molar-refractivity contribution in [2.45, 2.75) is 78.4 Å². The van der Waals surface area contributed by atoms with Gasteiger partial charge in [0.25, 0.3) is 0 Å². The number of nitrogens with one attached hydrogen (secondary N) is 1. The van der Waals surface area contributed by atoms with Crippen LogP contribution >= 0.6 is 0 Å². The fraction of sp³-hybridized carbons (Fsp3) is 0.933. The molecule has 0 fully saturated rings. The highest BCUT2D eigenvalue weighted by Gasteiger charge is 2.20. The Hall–Kier alpha value is -0.610. The molecule has 0 aliphatic rings. The Labute approximate surface area is 118 Å². The van der Waals surface area contributed by atoms with Gasteiger partial charge in [-0.05, 0) is 32.7 Å². The molecule has 0 rings (SSSR count). The maximum absolute atomic E-state index is 11.2. The van der Waals surface area contributed by atoms with Crippen LogP contribution in [0.5, 0.6) is 0 Å². The summed E-state index contributed by atoms with van der Waals surface area (Å²) in [4.78, 5) is 13.6. The van der Waals surface area contributed by atoms with Crippen molar-refractivity contribution in [3.05, 3.63) is 0 Å². The van der Waals surface area contributed by atoms with Gasteiger partial charge in [0.1, 0.15) is 6.04 Å². The molecule has 114 valence electrons. The number of aliphatic carboxylic acids is 1. The van der Waals surface area contributed by atoms with E-state index in [0.29, 0.717) is 12.5 Å². The fourth-order valence-corrected chi connectivity index (χ4v) is 2.15. The summed E-state index contributed by atoms with van der Waals surface area (Å²) in [7, 11) is 0. The van der Waals surface area contributed by atoms with E-state index >= 15 is 0 Å². The van der Waals surface area contributed by atoms with Crippen LogP contribution in [0.15, 0.2) is 0 Å². The molecule has 0 aromatic carbocycles. The predicted molar refractivity (Wildman–Crippen MR) is 80.5 cm³/mol. The molecule has 0 bridgehead atoms. The Bertz CT molecular complexity index is 244. The van der Waals surface area contributed by atoms with E-state index in [1.807, 2.05) is 13.8 Å². The monoisotopic (exact) mass is 272 g/mol. The minimum atomic E-state index is -0.742. The van der Waals surface area contributed by atoms with Gasteiger partial charge >= 0.3 is 5.97 Å². The summed E-state index contributed by atoms with van der Waals surface area (Å²) in [6.07, 6.45) is 4.14. The lowest BCUT2D eigenvalue weighted by Crippen LogP contribution is -2.44. The van der Waals surface area contributed by atoms with Crippen LogP contribution in [0.3, 0.4) is 0 Å². The van der Waals surface area contributed by atoms with Gasteiger partial charge in [-0.2, -0.15) is 0 Å². The van der Waals surface area contributed by atoms with E-state index in [9.17, 15) is 9.90 Å². The molecule has 0 saturated carbocycles. The van der Waals surface area contributed by atoms with Gasteiger partial charge in [-0.15, -0.1) is 0 Å². The van der Waals surface area contributed by atoms with Crippen molar-refractivity contribution in [1.29, 1.82) is 0 Å². The van der Waals surface area contributed by atoms with E-state index in [0.717, 1.165) is 19.5 Å². The minimum absolute atomic E-state index is 0.203. The second-order valence-corrected chi connectivity index (χ2v) is 5.65. The van der Waals surface area contributed by atoms with E-state index < -0.39 is 12.0 Å². The van der Waals surface area contributed by atoms with Crippen molar-refractivity contribution >= 4 is 5.97 Å². The first-order valence-electron chi connectivity index (χ1n) is 7.65. The zero-order valence-electron chi connectivity index (χ0n) is 13.3. The third-order valence-corrected chi connectivity index (χ3v) is 3.55. The van der Waals surface area contributed by atoms with Crippen LogP contribution in [0.1, 0.15) is 60.3 Å². The molecule has 2 unspecified atom stereocenters. The van der Waals surface area contributed by atoms with Crippen molar-refractivity contribution in [2.24, 2.45) is 0 Å². The molecular weight excluding hydrogens is 240 g/mol. The molecular formula is C15H32N2O2. The summed E-state index contributed by atoms with van der Waals surface area (Å²) < 4.78 is 0. The first kappa shape index (κ1) is 18.4. The normalized spacial score (nSPS) is 14.9. The van der Waals surface area contributed by atoms with E-state index in [1.54, 1.807) is 0 Å². The standard InChI is InChI=1S/C15H32N2O2/c1-6-8-10-17(13(5)7-2)11-9-14(15(18)19)16-12(3)4/h12-14,16H,6-11H2,1-5H3,(H,18,19). The van der Waals surface area contributed by atoms with Gasteiger partial charge in [0, 0.05) is 18.6 Å². The zero-order valence-corrected chi connectivity index (χ0v) is 13.3. The number of hydrogen-bond acceptors (Lipinski definition) is 3. The number of rotatable bonds is 11. The summed E-state index contributed by atoms with van der Waals surface area (Å²) >= 11 is 0. The second-order valence-electron chi connectivity index (χ2n) is 5.65. The van der Waals surface area contributed by atoms with Crippen LogP contribution in [-0.2, 0) is 4.79 Å². The highest BCUT2D eigenvalue weighted by atomic mass is 16.4. The number of carbonyl (C=O) groups is 1. The zero-order chi connectivity index (χ0) is 14.8. The predicted octanol–water partition coefficient (Wildman–Crippen LogP) is 2.73. The Morgan fingerprint density at radius 1 is 1.21 bits per heavy atom. The molecule has 0 radical (unpaired) electrons. The second kappa shape index (κ2) is 10.2. The molecule has 0 aromatic rings. The van der Waals surface area contributed by atoms with Gasteiger partial charge in [-0.1, -0.05) is 34.1 Å². The van der Waals surface area contributed by atoms with E-state index in [4.69, 9.17) is 0 Å². The van der Waals surface area contributed by atoms with Gasteiger partial charge in [-0.3, -0.25) is 4.79 Å². The average molecular weight is 272 g/mol. The third kappa shape index (κ3) is 8.22. The number of nitrogens with zero attached hydrogens (tertiary/aromatic N) is 1. The lowest BCUT2D eigenvalue weighted by atomic mass is 10.1. The van der Waals surface area contributed by atoms with Crippen LogP contribution in [-0.4, -0.2) is 47.2 Å². The summed E-state index contributed by atoms with van der Waals surface area (Å²) in [5, 5.41) is 12.3. The van der Waals surface area contributed by atoms with Crippen LogP contribution < -0.4 is 5.32 Å². The summed E-state index contributed by atoms with van der Waals surface area (Å²) in [5.41, 5.74) is 0. The first-order valence-corrected chi connectivity index (χ1v) is 7.65. The Morgan fingerprint density at radius 3 is 2.26 bits per heavy atom. The quantitative estimate of drug-likeness (QED) is 0.607. The first-order chi connectivity index (χ1) is 8.92. The maximum atomic E-state index is 11.2. The number of hydrogen-bond donors (Lipinski definition) is 2. The van der Waals surface area contributed by atoms with Gasteiger partial charge < -0.3 is 15.3 Å². The highest BCUT2D eigenvalue weighted by molar-refractivity contribution is 5.73. The third-order valence-electron chi connectivity index (χ3n) is 3.55. The molecule has 2 N–H and O–H groups in total. The SMILES string of the molecule is CCCCN(CCC(NC(C)C)C(=O)O)C(C)CC. The molecule has 4 nitrogen and oxygen atoms in total. The van der Waals surface area contributed by atoms with Crippen molar-refractivity contribution in [1.82, 2.24) is 10.2 Å². The van der Waals surface area contributed by atoms with Crippen LogP contribution in [0.2, 0.25) is 0 Å². The summed E-state index contributed by atoms with van der Waals surface area (Å²) in [5.74, 6) is -0.742. The van der Waals surface area contributed by atoms with Gasteiger partial charge in [-0.25, -0.2) is 0 Å². The van der Waals surface area contributed by atoms with E-state index in [-0.39, 0.29) is 6.04 Å². The molecule has 0 heterocycles. The Balaban J connectivity index is 4.35. The lowest BCUT2D eigenvalue weighted by molar-refractivity contribution is -0.140. The van der Waals surface area contributed by atoms with Crippen molar-refractivity contribution in [3.63, 3.8) is 0 Å². The Morgan fingerprint density at radius 2 is 1.84 bits per heavy atom.